The number of aromatic nitrogens is 1. The summed E-state index contributed by atoms with van der Waals surface area (Å²) in [6.07, 6.45) is 1.58. The predicted molar refractivity (Wildman–Crippen MR) is 83.7 cm³/mol. The SMILES string of the molecule is CC(C)c1ccc(CNC(=O)c2cccnc2NN)cc1. The molecule has 21 heavy (non-hydrogen) atoms. The van der Waals surface area contributed by atoms with Gasteiger partial charge >= 0.3 is 0 Å². The van der Waals surface area contributed by atoms with Crippen molar-refractivity contribution in [1.82, 2.24) is 10.3 Å². The lowest BCUT2D eigenvalue weighted by Gasteiger charge is -2.10. The minimum atomic E-state index is -0.205. The fourth-order valence-corrected chi connectivity index (χ4v) is 2.00. The molecule has 0 atom stereocenters. The van der Waals surface area contributed by atoms with E-state index in [2.05, 4.69) is 41.7 Å². The average molecular weight is 284 g/mol. The molecule has 0 saturated carbocycles. The van der Waals surface area contributed by atoms with Crippen LogP contribution in [0.15, 0.2) is 42.6 Å². The fraction of sp³-hybridized carbons (Fsp3) is 0.250. The van der Waals surface area contributed by atoms with E-state index in [9.17, 15) is 4.79 Å². The van der Waals surface area contributed by atoms with Crippen LogP contribution in [0.5, 0.6) is 0 Å². The van der Waals surface area contributed by atoms with Crippen LogP contribution < -0.4 is 16.6 Å². The number of pyridine rings is 1. The molecular weight excluding hydrogens is 264 g/mol. The number of amides is 1. The number of carbonyl (C=O) groups excluding carboxylic acids is 1. The number of nitrogens with one attached hydrogen (secondary N) is 2. The smallest absolute Gasteiger partial charge is 0.255 e. The summed E-state index contributed by atoms with van der Waals surface area (Å²) in [7, 11) is 0. The average Bonchev–Trinajstić information content (AvgIpc) is 2.52. The van der Waals surface area contributed by atoms with Gasteiger partial charge in [0, 0.05) is 12.7 Å². The highest BCUT2D eigenvalue weighted by atomic mass is 16.1. The van der Waals surface area contributed by atoms with Crippen LogP contribution in [0.4, 0.5) is 5.82 Å². The third-order valence-corrected chi connectivity index (χ3v) is 3.29. The molecule has 0 aliphatic rings. The van der Waals surface area contributed by atoms with Gasteiger partial charge in [0.1, 0.15) is 0 Å². The van der Waals surface area contributed by atoms with E-state index in [1.165, 1.54) is 5.56 Å². The van der Waals surface area contributed by atoms with Crippen molar-refractivity contribution in [3.05, 3.63) is 59.3 Å². The quantitative estimate of drug-likeness (QED) is 0.582. The Labute approximate surface area is 124 Å². The minimum absolute atomic E-state index is 0.205. The van der Waals surface area contributed by atoms with Gasteiger partial charge in [-0.15, -0.1) is 0 Å². The Morgan fingerprint density at radius 3 is 2.57 bits per heavy atom. The van der Waals surface area contributed by atoms with Gasteiger partial charge in [-0.05, 0) is 29.2 Å². The lowest BCUT2D eigenvalue weighted by atomic mass is 10.0. The number of benzene rings is 1. The van der Waals surface area contributed by atoms with Crippen LogP contribution in [-0.2, 0) is 6.54 Å². The van der Waals surface area contributed by atoms with Crippen molar-refractivity contribution < 1.29 is 4.79 Å². The molecule has 5 nitrogen and oxygen atoms in total. The van der Waals surface area contributed by atoms with E-state index in [4.69, 9.17) is 5.84 Å². The van der Waals surface area contributed by atoms with Crippen LogP contribution in [-0.4, -0.2) is 10.9 Å². The highest BCUT2D eigenvalue weighted by molar-refractivity contribution is 5.98. The zero-order valence-electron chi connectivity index (χ0n) is 12.3. The number of hydrogen-bond acceptors (Lipinski definition) is 4. The second kappa shape index (κ2) is 6.85. The Hall–Kier alpha value is -2.40. The number of anilines is 1. The van der Waals surface area contributed by atoms with E-state index >= 15 is 0 Å². The van der Waals surface area contributed by atoms with Gasteiger partial charge in [-0.3, -0.25) is 4.79 Å². The first-order valence-electron chi connectivity index (χ1n) is 6.90. The molecule has 0 fully saturated rings. The number of hydrogen-bond donors (Lipinski definition) is 3. The molecule has 4 N–H and O–H groups in total. The summed E-state index contributed by atoms with van der Waals surface area (Å²) in [5, 5.41) is 2.86. The summed E-state index contributed by atoms with van der Waals surface area (Å²) in [5.41, 5.74) is 5.19. The molecule has 110 valence electrons. The topological polar surface area (TPSA) is 80.0 Å². The Bertz CT molecular complexity index is 608. The Kier molecular flexibility index (Phi) is 4.90. The monoisotopic (exact) mass is 284 g/mol. The van der Waals surface area contributed by atoms with E-state index in [0.29, 0.717) is 23.8 Å². The first kappa shape index (κ1) is 15.0. The maximum atomic E-state index is 12.1. The van der Waals surface area contributed by atoms with Gasteiger partial charge in [-0.1, -0.05) is 38.1 Å². The molecule has 0 aliphatic carbocycles. The number of nitrogen functional groups attached to an aromatic ring is 1. The van der Waals surface area contributed by atoms with Crippen molar-refractivity contribution >= 4 is 11.7 Å². The molecule has 0 radical (unpaired) electrons. The van der Waals surface area contributed by atoms with Crippen molar-refractivity contribution in [3.8, 4) is 0 Å². The summed E-state index contributed by atoms with van der Waals surface area (Å²) >= 11 is 0. The van der Waals surface area contributed by atoms with Crippen LogP contribution in [0, 0.1) is 0 Å². The molecule has 0 saturated heterocycles. The first-order chi connectivity index (χ1) is 10.1. The zero-order valence-corrected chi connectivity index (χ0v) is 12.3. The third kappa shape index (κ3) is 3.79. The maximum absolute atomic E-state index is 12.1. The molecule has 0 spiro atoms. The summed E-state index contributed by atoms with van der Waals surface area (Å²) < 4.78 is 0. The molecule has 1 heterocycles. The van der Waals surface area contributed by atoms with Crippen LogP contribution in [0.25, 0.3) is 0 Å². The van der Waals surface area contributed by atoms with Crippen molar-refractivity contribution in [3.63, 3.8) is 0 Å². The third-order valence-electron chi connectivity index (χ3n) is 3.29. The minimum Gasteiger partial charge on any atom is -0.348 e. The van der Waals surface area contributed by atoms with Gasteiger partial charge in [0.05, 0.1) is 5.56 Å². The standard InChI is InChI=1S/C16H20N4O/c1-11(2)13-7-5-12(6-8-13)10-19-16(21)14-4-3-9-18-15(14)20-17/h3-9,11H,10,17H2,1-2H3,(H,18,20)(H,19,21). The van der Waals surface area contributed by atoms with Crippen LogP contribution in [0.1, 0.15) is 41.3 Å². The number of nitrogens with zero attached hydrogens (tertiary/aromatic N) is 1. The van der Waals surface area contributed by atoms with E-state index in [-0.39, 0.29) is 5.91 Å². The van der Waals surface area contributed by atoms with E-state index < -0.39 is 0 Å². The number of hydrazine groups is 1. The van der Waals surface area contributed by atoms with Crippen LogP contribution in [0.3, 0.4) is 0 Å². The van der Waals surface area contributed by atoms with Gasteiger partial charge < -0.3 is 10.7 Å². The van der Waals surface area contributed by atoms with Gasteiger partial charge in [-0.2, -0.15) is 0 Å². The summed E-state index contributed by atoms with van der Waals surface area (Å²) in [6.45, 7) is 4.77. The van der Waals surface area contributed by atoms with E-state index in [0.717, 1.165) is 5.56 Å². The Morgan fingerprint density at radius 2 is 1.95 bits per heavy atom. The lowest BCUT2D eigenvalue weighted by molar-refractivity contribution is 0.0951. The van der Waals surface area contributed by atoms with Crippen LogP contribution >= 0.6 is 0 Å². The van der Waals surface area contributed by atoms with Crippen molar-refractivity contribution in [1.29, 1.82) is 0 Å². The van der Waals surface area contributed by atoms with Gasteiger partial charge in [0.15, 0.2) is 5.82 Å². The Morgan fingerprint density at radius 1 is 1.24 bits per heavy atom. The molecule has 1 amide bonds. The fourth-order valence-electron chi connectivity index (χ4n) is 2.00. The highest BCUT2D eigenvalue weighted by Crippen LogP contribution is 2.15. The van der Waals surface area contributed by atoms with Gasteiger partial charge in [0.2, 0.25) is 0 Å². The lowest BCUT2D eigenvalue weighted by Crippen LogP contribution is -2.25. The van der Waals surface area contributed by atoms with E-state index in [1.54, 1.807) is 18.3 Å². The predicted octanol–water partition coefficient (Wildman–Crippen LogP) is 2.42. The largest absolute Gasteiger partial charge is 0.348 e. The van der Waals surface area contributed by atoms with E-state index in [1.807, 2.05) is 12.1 Å². The molecule has 0 bridgehead atoms. The molecule has 2 aromatic rings. The zero-order chi connectivity index (χ0) is 15.2. The molecular formula is C16H20N4O. The molecule has 0 unspecified atom stereocenters. The van der Waals surface area contributed by atoms with Crippen molar-refractivity contribution in [2.45, 2.75) is 26.3 Å². The normalized spacial score (nSPS) is 10.5. The number of nitrogens with two attached hydrogens (primary N) is 1. The van der Waals surface area contributed by atoms with Crippen molar-refractivity contribution in [2.75, 3.05) is 5.43 Å². The van der Waals surface area contributed by atoms with Gasteiger partial charge in [0.25, 0.3) is 5.91 Å². The highest BCUT2D eigenvalue weighted by Gasteiger charge is 2.10. The van der Waals surface area contributed by atoms with Crippen LogP contribution in [0.2, 0.25) is 0 Å². The molecule has 0 aliphatic heterocycles. The van der Waals surface area contributed by atoms with Gasteiger partial charge in [-0.25, -0.2) is 10.8 Å². The number of carbonyl (C=O) groups is 1. The number of rotatable bonds is 5. The summed E-state index contributed by atoms with van der Waals surface area (Å²) in [4.78, 5) is 16.1. The molecule has 1 aromatic carbocycles. The molecule has 2 rings (SSSR count). The first-order valence-corrected chi connectivity index (χ1v) is 6.90. The summed E-state index contributed by atoms with van der Waals surface area (Å²) in [5.74, 6) is 6.01. The summed E-state index contributed by atoms with van der Waals surface area (Å²) in [6, 6.07) is 11.6. The second-order valence-corrected chi connectivity index (χ2v) is 5.12. The Balaban J connectivity index is 2.00. The second-order valence-electron chi connectivity index (χ2n) is 5.12. The maximum Gasteiger partial charge on any atom is 0.255 e. The molecule has 5 heteroatoms. The molecule has 1 aromatic heterocycles. The van der Waals surface area contributed by atoms with Crippen molar-refractivity contribution in [2.24, 2.45) is 5.84 Å².